The van der Waals surface area contributed by atoms with Crippen molar-refractivity contribution in [2.24, 2.45) is 5.41 Å². The summed E-state index contributed by atoms with van der Waals surface area (Å²) in [5, 5.41) is 9.55. The largest absolute Gasteiger partial charge is 0.493 e. The van der Waals surface area contributed by atoms with Gasteiger partial charge in [-0.05, 0) is 49.8 Å². The van der Waals surface area contributed by atoms with Gasteiger partial charge in [0, 0.05) is 6.07 Å². The van der Waals surface area contributed by atoms with Crippen LogP contribution in [0.2, 0.25) is 0 Å². The second kappa shape index (κ2) is 13.8. The van der Waals surface area contributed by atoms with E-state index in [1.807, 2.05) is 30.3 Å². The van der Waals surface area contributed by atoms with Crippen LogP contribution in [-0.2, 0) is 13.0 Å². The third-order valence-corrected chi connectivity index (χ3v) is 5.90. The van der Waals surface area contributed by atoms with Crippen LogP contribution in [0.15, 0.2) is 48.5 Å². The number of rotatable bonds is 15. The highest BCUT2D eigenvalue weighted by molar-refractivity contribution is 5.41. The second-order valence-corrected chi connectivity index (χ2v) is 8.69. The van der Waals surface area contributed by atoms with Crippen LogP contribution in [0.5, 0.6) is 11.5 Å². The maximum Gasteiger partial charge on any atom is 0.126 e. The zero-order valence-electron chi connectivity index (χ0n) is 19.7. The van der Waals surface area contributed by atoms with Gasteiger partial charge in [-0.1, -0.05) is 82.3 Å². The van der Waals surface area contributed by atoms with Gasteiger partial charge in [-0.15, -0.1) is 0 Å². The molecule has 0 radical (unpaired) electrons. The third kappa shape index (κ3) is 9.05. The van der Waals surface area contributed by atoms with Crippen molar-refractivity contribution in [1.29, 1.82) is 5.26 Å². The van der Waals surface area contributed by atoms with Gasteiger partial charge in [-0.2, -0.15) is 5.26 Å². The van der Waals surface area contributed by atoms with Crippen molar-refractivity contribution >= 4 is 0 Å². The van der Waals surface area contributed by atoms with Gasteiger partial charge < -0.3 is 9.47 Å². The van der Waals surface area contributed by atoms with Crippen LogP contribution >= 0.6 is 0 Å². The SMILES string of the molecule is CCCCCC(C)(C#N)CCCCCOc1cc(OCc2ccccc2)ccc1CC. The summed E-state index contributed by atoms with van der Waals surface area (Å²) in [6.07, 6.45) is 9.71. The number of benzene rings is 2. The van der Waals surface area contributed by atoms with Crippen molar-refractivity contribution in [3.63, 3.8) is 0 Å². The molecule has 3 nitrogen and oxygen atoms in total. The summed E-state index contributed by atoms with van der Waals surface area (Å²) >= 11 is 0. The first kappa shape index (κ1) is 24.8. The molecule has 0 N–H and O–H groups in total. The molecule has 0 saturated heterocycles. The predicted octanol–water partition coefficient (Wildman–Crippen LogP) is 7.88. The molecule has 0 aliphatic rings. The van der Waals surface area contributed by atoms with Crippen LogP contribution in [0.25, 0.3) is 0 Å². The average molecular weight is 422 g/mol. The first-order valence-electron chi connectivity index (χ1n) is 11.9. The lowest BCUT2D eigenvalue weighted by atomic mass is 9.81. The fourth-order valence-corrected chi connectivity index (χ4v) is 3.77. The Labute approximate surface area is 189 Å². The van der Waals surface area contributed by atoms with Gasteiger partial charge in [0.1, 0.15) is 18.1 Å². The van der Waals surface area contributed by atoms with E-state index in [1.165, 1.54) is 18.4 Å². The summed E-state index contributed by atoms with van der Waals surface area (Å²) in [6.45, 7) is 7.73. The van der Waals surface area contributed by atoms with E-state index >= 15 is 0 Å². The minimum absolute atomic E-state index is 0.171. The number of nitriles is 1. The Kier molecular flexibility index (Phi) is 11.0. The number of nitrogens with zero attached hydrogens (tertiary/aromatic N) is 1. The molecule has 2 aromatic rings. The molecule has 0 aliphatic carbocycles. The number of unbranched alkanes of at least 4 members (excludes halogenated alkanes) is 4. The molecule has 0 spiro atoms. The quantitative estimate of drug-likeness (QED) is 0.275. The van der Waals surface area contributed by atoms with Crippen molar-refractivity contribution < 1.29 is 9.47 Å². The highest BCUT2D eigenvalue weighted by Crippen LogP contribution is 2.30. The zero-order chi connectivity index (χ0) is 22.4. The molecule has 0 heterocycles. The minimum atomic E-state index is -0.171. The number of aryl methyl sites for hydroxylation is 1. The van der Waals surface area contributed by atoms with E-state index in [1.54, 1.807) is 0 Å². The summed E-state index contributed by atoms with van der Waals surface area (Å²) in [6, 6.07) is 18.9. The minimum Gasteiger partial charge on any atom is -0.493 e. The molecule has 3 heteroatoms. The molecule has 0 aliphatic heterocycles. The van der Waals surface area contributed by atoms with E-state index in [9.17, 15) is 5.26 Å². The Bertz CT molecular complexity index is 796. The van der Waals surface area contributed by atoms with E-state index < -0.39 is 0 Å². The van der Waals surface area contributed by atoms with Crippen LogP contribution in [0, 0.1) is 16.7 Å². The summed E-state index contributed by atoms with van der Waals surface area (Å²) in [5.41, 5.74) is 2.19. The smallest absolute Gasteiger partial charge is 0.126 e. The van der Waals surface area contributed by atoms with Gasteiger partial charge >= 0.3 is 0 Å². The fourth-order valence-electron chi connectivity index (χ4n) is 3.77. The first-order valence-corrected chi connectivity index (χ1v) is 11.9. The molecule has 2 aromatic carbocycles. The van der Waals surface area contributed by atoms with E-state index in [2.05, 4.69) is 45.0 Å². The van der Waals surface area contributed by atoms with Crippen LogP contribution in [-0.4, -0.2) is 6.61 Å². The topological polar surface area (TPSA) is 42.2 Å². The van der Waals surface area contributed by atoms with Crippen LogP contribution in [0.3, 0.4) is 0 Å². The molecule has 0 fully saturated rings. The highest BCUT2D eigenvalue weighted by atomic mass is 16.5. The Balaban J connectivity index is 1.76. The third-order valence-electron chi connectivity index (χ3n) is 5.90. The summed E-state index contributed by atoms with van der Waals surface area (Å²) in [4.78, 5) is 0. The van der Waals surface area contributed by atoms with E-state index in [0.29, 0.717) is 13.2 Å². The Morgan fingerprint density at radius 2 is 1.61 bits per heavy atom. The Morgan fingerprint density at radius 1 is 0.871 bits per heavy atom. The molecule has 0 bridgehead atoms. The molecule has 1 atom stereocenters. The van der Waals surface area contributed by atoms with Crippen LogP contribution < -0.4 is 9.47 Å². The molecule has 1 unspecified atom stereocenters. The molecule has 0 saturated carbocycles. The maximum absolute atomic E-state index is 9.55. The van der Waals surface area contributed by atoms with Crippen molar-refractivity contribution in [3.05, 3.63) is 59.7 Å². The van der Waals surface area contributed by atoms with E-state index in [-0.39, 0.29) is 5.41 Å². The molecular weight excluding hydrogens is 382 g/mol. The lowest BCUT2D eigenvalue weighted by molar-refractivity contribution is 0.282. The second-order valence-electron chi connectivity index (χ2n) is 8.69. The van der Waals surface area contributed by atoms with Gasteiger partial charge in [0.15, 0.2) is 0 Å². The number of hydrogen-bond donors (Lipinski definition) is 0. The summed E-state index contributed by atoms with van der Waals surface area (Å²) in [7, 11) is 0. The van der Waals surface area contributed by atoms with Gasteiger partial charge in [0.25, 0.3) is 0 Å². The molecule has 168 valence electrons. The normalized spacial score (nSPS) is 12.7. The van der Waals surface area contributed by atoms with Crippen molar-refractivity contribution in [2.75, 3.05) is 6.61 Å². The lowest BCUT2D eigenvalue weighted by Crippen LogP contribution is -2.13. The van der Waals surface area contributed by atoms with Gasteiger partial charge in [-0.3, -0.25) is 0 Å². The van der Waals surface area contributed by atoms with Gasteiger partial charge in [-0.25, -0.2) is 0 Å². The standard InChI is InChI=1S/C28H39NO2/c1-4-6-11-18-28(3,23-29)19-12-8-13-20-30-27-21-26(17-16-25(27)5-2)31-22-24-14-9-7-10-15-24/h7,9-10,14-17,21H,4-6,8,11-13,18-20,22H2,1-3H3. The van der Waals surface area contributed by atoms with Crippen LogP contribution in [0.4, 0.5) is 0 Å². The van der Waals surface area contributed by atoms with Crippen molar-refractivity contribution in [1.82, 2.24) is 0 Å². The fraction of sp³-hybridized carbons (Fsp3) is 0.536. The molecular formula is C28H39NO2. The number of ether oxygens (including phenoxy) is 2. The van der Waals surface area contributed by atoms with E-state index in [4.69, 9.17) is 9.47 Å². The monoisotopic (exact) mass is 421 g/mol. The van der Waals surface area contributed by atoms with Gasteiger partial charge in [0.05, 0.1) is 18.1 Å². The molecule has 0 amide bonds. The summed E-state index contributed by atoms with van der Waals surface area (Å²) in [5.74, 6) is 1.77. The Hall–Kier alpha value is -2.47. The Morgan fingerprint density at radius 3 is 2.29 bits per heavy atom. The van der Waals surface area contributed by atoms with Crippen molar-refractivity contribution in [3.8, 4) is 17.6 Å². The van der Waals surface area contributed by atoms with Crippen molar-refractivity contribution in [2.45, 2.75) is 85.2 Å². The lowest BCUT2D eigenvalue weighted by Gasteiger charge is -2.21. The van der Waals surface area contributed by atoms with Gasteiger partial charge in [0.2, 0.25) is 0 Å². The summed E-state index contributed by atoms with van der Waals surface area (Å²) < 4.78 is 12.1. The van der Waals surface area contributed by atoms with E-state index in [0.717, 1.165) is 62.0 Å². The maximum atomic E-state index is 9.55. The van der Waals surface area contributed by atoms with Crippen LogP contribution in [0.1, 0.15) is 83.3 Å². The molecule has 0 aromatic heterocycles. The average Bonchev–Trinajstić information content (AvgIpc) is 2.81. The zero-order valence-corrected chi connectivity index (χ0v) is 19.7. The number of hydrogen-bond acceptors (Lipinski definition) is 3. The highest BCUT2D eigenvalue weighted by Gasteiger charge is 2.22. The molecule has 31 heavy (non-hydrogen) atoms. The molecule has 2 rings (SSSR count). The first-order chi connectivity index (χ1) is 15.1. The predicted molar refractivity (Wildman–Crippen MR) is 128 cm³/mol.